The highest BCUT2D eigenvalue weighted by atomic mass is 79.9. The second-order valence-corrected chi connectivity index (χ2v) is 8.21. The number of benzene rings is 1. The molecule has 0 radical (unpaired) electrons. The van der Waals surface area contributed by atoms with Gasteiger partial charge in [-0.1, -0.05) is 28.1 Å². The van der Waals surface area contributed by atoms with Crippen molar-refractivity contribution in [2.75, 3.05) is 0 Å². The van der Waals surface area contributed by atoms with Crippen molar-refractivity contribution in [2.24, 2.45) is 0 Å². The van der Waals surface area contributed by atoms with Crippen LogP contribution >= 0.6 is 15.9 Å². The van der Waals surface area contributed by atoms with Crippen LogP contribution in [0.4, 0.5) is 4.79 Å². The molecule has 23 heavy (non-hydrogen) atoms. The number of hydrogen-bond acceptors (Lipinski definition) is 3. The molecule has 2 N–H and O–H groups in total. The van der Waals surface area contributed by atoms with Gasteiger partial charge in [0, 0.05) is 22.6 Å². The van der Waals surface area contributed by atoms with Gasteiger partial charge in [-0.2, -0.15) is 0 Å². The summed E-state index contributed by atoms with van der Waals surface area (Å²) in [5.74, 6) is 0. The monoisotopic (exact) mass is 382 g/mol. The fraction of sp³-hybridized carbons (Fsp3) is 0.611. The minimum absolute atomic E-state index is 0.192. The van der Waals surface area contributed by atoms with Crippen molar-refractivity contribution in [3.8, 4) is 0 Å². The van der Waals surface area contributed by atoms with Crippen molar-refractivity contribution in [1.29, 1.82) is 0 Å². The highest BCUT2D eigenvalue weighted by molar-refractivity contribution is 9.10. The fourth-order valence-electron chi connectivity index (χ4n) is 2.96. The second kappa shape index (κ2) is 7.67. The third-order valence-corrected chi connectivity index (χ3v) is 4.48. The summed E-state index contributed by atoms with van der Waals surface area (Å²) < 4.78 is 6.42. The van der Waals surface area contributed by atoms with Crippen LogP contribution in [0.15, 0.2) is 28.7 Å². The van der Waals surface area contributed by atoms with E-state index in [1.165, 1.54) is 5.56 Å². The molecule has 1 amide bonds. The Morgan fingerprint density at radius 2 is 2.00 bits per heavy atom. The third kappa shape index (κ3) is 6.15. The van der Waals surface area contributed by atoms with Crippen LogP contribution < -0.4 is 10.6 Å². The van der Waals surface area contributed by atoms with Crippen LogP contribution in [0.1, 0.15) is 58.6 Å². The van der Waals surface area contributed by atoms with Crippen molar-refractivity contribution in [1.82, 2.24) is 10.6 Å². The van der Waals surface area contributed by atoms with Gasteiger partial charge in [-0.15, -0.1) is 0 Å². The average Bonchev–Trinajstić information content (AvgIpc) is 2.83. The zero-order chi connectivity index (χ0) is 17.0. The number of amides is 1. The standard InChI is InChI=1S/C18H27BrN2O2/c1-12(13-6-5-7-14(19)10-13)20-15-8-9-16(11-15)21-17(22)23-18(2,3)4/h5-7,10,12,15-16,20H,8-9,11H2,1-4H3,(H,21,22)/t12-,15?,16?/m0/s1. The second-order valence-electron chi connectivity index (χ2n) is 7.30. The van der Waals surface area contributed by atoms with E-state index in [4.69, 9.17) is 4.74 Å². The summed E-state index contributed by atoms with van der Waals surface area (Å²) in [4.78, 5) is 11.8. The Kier molecular flexibility index (Phi) is 6.09. The molecule has 3 atom stereocenters. The first-order valence-electron chi connectivity index (χ1n) is 8.24. The lowest BCUT2D eigenvalue weighted by Gasteiger charge is -2.22. The van der Waals surface area contributed by atoms with Crippen LogP contribution in [0.5, 0.6) is 0 Å². The molecular weight excluding hydrogens is 356 g/mol. The maximum Gasteiger partial charge on any atom is 0.407 e. The van der Waals surface area contributed by atoms with E-state index < -0.39 is 5.60 Å². The van der Waals surface area contributed by atoms with Gasteiger partial charge in [0.1, 0.15) is 5.60 Å². The number of rotatable bonds is 4. The Balaban J connectivity index is 1.80. The molecule has 0 aliphatic heterocycles. The Bertz CT molecular complexity index is 542. The maximum atomic E-state index is 11.8. The predicted molar refractivity (Wildman–Crippen MR) is 96.5 cm³/mol. The number of nitrogens with one attached hydrogen (secondary N) is 2. The average molecular weight is 383 g/mol. The van der Waals surface area contributed by atoms with E-state index >= 15 is 0 Å². The lowest BCUT2D eigenvalue weighted by molar-refractivity contribution is 0.0505. The summed E-state index contributed by atoms with van der Waals surface area (Å²) in [5, 5.41) is 6.64. The molecule has 1 aliphatic carbocycles. The molecule has 0 aromatic heterocycles. The number of hydrogen-bond donors (Lipinski definition) is 2. The smallest absolute Gasteiger partial charge is 0.407 e. The lowest BCUT2D eigenvalue weighted by Crippen LogP contribution is -2.39. The highest BCUT2D eigenvalue weighted by Gasteiger charge is 2.28. The zero-order valence-corrected chi connectivity index (χ0v) is 15.9. The van der Waals surface area contributed by atoms with Gasteiger partial charge in [0.15, 0.2) is 0 Å². The summed E-state index contributed by atoms with van der Waals surface area (Å²) in [6.07, 6.45) is 2.68. The van der Waals surface area contributed by atoms with Gasteiger partial charge >= 0.3 is 6.09 Å². The molecule has 0 bridgehead atoms. The minimum Gasteiger partial charge on any atom is -0.444 e. The van der Waals surface area contributed by atoms with Gasteiger partial charge in [-0.05, 0) is 64.7 Å². The summed E-state index contributed by atoms with van der Waals surface area (Å²) >= 11 is 3.51. The van der Waals surface area contributed by atoms with E-state index in [1.807, 2.05) is 26.8 Å². The molecule has 1 fully saturated rings. The normalized spacial score (nSPS) is 22.7. The van der Waals surface area contributed by atoms with E-state index in [-0.39, 0.29) is 18.2 Å². The van der Waals surface area contributed by atoms with Gasteiger partial charge in [0.25, 0.3) is 0 Å². The van der Waals surface area contributed by atoms with E-state index in [2.05, 4.69) is 51.7 Å². The topological polar surface area (TPSA) is 50.4 Å². The van der Waals surface area contributed by atoms with Crippen LogP contribution in [0.2, 0.25) is 0 Å². The first kappa shape index (κ1) is 18.3. The summed E-state index contributed by atoms with van der Waals surface area (Å²) in [7, 11) is 0. The number of ether oxygens (including phenoxy) is 1. The maximum absolute atomic E-state index is 11.8. The first-order chi connectivity index (χ1) is 10.7. The molecule has 1 aromatic rings. The molecular formula is C18H27BrN2O2. The summed E-state index contributed by atoms with van der Waals surface area (Å²) in [6, 6.07) is 9.27. The van der Waals surface area contributed by atoms with Crippen molar-refractivity contribution in [2.45, 2.75) is 70.7 Å². The molecule has 2 rings (SSSR count). The summed E-state index contributed by atoms with van der Waals surface area (Å²) in [5.41, 5.74) is 0.818. The van der Waals surface area contributed by atoms with Crippen molar-refractivity contribution < 1.29 is 9.53 Å². The lowest BCUT2D eigenvalue weighted by atomic mass is 10.1. The summed E-state index contributed by atoms with van der Waals surface area (Å²) in [6.45, 7) is 7.82. The Labute approximate surface area is 147 Å². The van der Waals surface area contributed by atoms with Crippen LogP contribution in [0.25, 0.3) is 0 Å². The molecule has 128 valence electrons. The fourth-order valence-corrected chi connectivity index (χ4v) is 3.38. The van der Waals surface area contributed by atoms with Gasteiger partial charge in [0.05, 0.1) is 0 Å². The van der Waals surface area contributed by atoms with Gasteiger partial charge < -0.3 is 15.4 Å². The number of carbonyl (C=O) groups excluding carboxylic acids is 1. The molecule has 5 heteroatoms. The Morgan fingerprint density at radius 3 is 2.65 bits per heavy atom. The molecule has 1 saturated carbocycles. The molecule has 0 saturated heterocycles. The van der Waals surface area contributed by atoms with Crippen LogP contribution in [-0.4, -0.2) is 23.8 Å². The van der Waals surface area contributed by atoms with Crippen molar-refractivity contribution in [3.05, 3.63) is 34.3 Å². The van der Waals surface area contributed by atoms with Crippen molar-refractivity contribution >= 4 is 22.0 Å². The molecule has 4 nitrogen and oxygen atoms in total. The molecule has 1 aliphatic rings. The van der Waals surface area contributed by atoms with Crippen LogP contribution in [0, 0.1) is 0 Å². The van der Waals surface area contributed by atoms with Crippen LogP contribution in [-0.2, 0) is 4.74 Å². The first-order valence-corrected chi connectivity index (χ1v) is 9.03. The Hall–Kier alpha value is -1.07. The molecule has 0 heterocycles. The molecule has 1 aromatic carbocycles. The molecule has 2 unspecified atom stereocenters. The zero-order valence-electron chi connectivity index (χ0n) is 14.4. The SMILES string of the molecule is C[C@H](NC1CCC(NC(=O)OC(C)(C)C)C1)c1cccc(Br)c1. The van der Waals surface area contributed by atoms with E-state index in [1.54, 1.807) is 0 Å². The molecule has 0 spiro atoms. The highest BCUT2D eigenvalue weighted by Crippen LogP contribution is 2.24. The van der Waals surface area contributed by atoms with Crippen molar-refractivity contribution in [3.63, 3.8) is 0 Å². The number of alkyl carbamates (subject to hydrolysis) is 1. The van der Waals surface area contributed by atoms with Gasteiger partial charge in [0.2, 0.25) is 0 Å². The number of carbonyl (C=O) groups is 1. The predicted octanol–water partition coefficient (Wildman–Crippen LogP) is 4.55. The van der Waals surface area contributed by atoms with E-state index in [0.29, 0.717) is 6.04 Å². The van der Waals surface area contributed by atoms with Gasteiger partial charge in [-0.25, -0.2) is 4.79 Å². The third-order valence-electron chi connectivity index (χ3n) is 3.99. The van der Waals surface area contributed by atoms with Gasteiger partial charge in [-0.3, -0.25) is 0 Å². The largest absolute Gasteiger partial charge is 0.444 e. The Morgan fingerprint density at radius 1 is 1.30 bits per heavy atom. The van der Waals surface area contributed by atoms with E-state index in [9.17, 15) is 4.79 Å². The minimum atomic E-state index is -0.449. The quantitative estimate of drug-likeness (QED) is 0.802. The van der Waals surface area contributed by atoms with E-state index in [0.717, 1.165) is 23.7 Å². The number of halogens is 1. The van der Waals surface area contributed by atoms with Crippen LogP contribution in [0.3, 0.4) is 0 Å².